The van der Waals surface area contributed by atoms with E-state index in [0.717, 1.165) is 77.1 Å². The second kappa shape index (κ2) is 11.5. The molecule has 4 aliphatic heterocycles. The number of aliphatic hydroxyl groups excluding tert-OH is 1. The van der Waals surface area contributed by atoms with Crippen LogP contribution in [-0.2, 0) is 0 Å². The van der Waals surface area contributed by atoms with Crippen molar-refractivity contribution in [3.05, 3.63) is 53.8 Å². The first-order chi connectivity index (χ1) is 23.2. The van der Waals surface area contributed by atoms with Crippen molar-refractivity contribution in [2.75, 3.05) is 31.1 Å². The Kier molecular flexibility index (Phi) is 7.25. The molecule has 8 nitrogen and oxygen atoms in total. The lowest BCUT2D eigenvalue weighted by molar-refractivity contribution is -0.0400. The predicted molar refractivity (Wildman–Crippen MR) is 177 cm³/mol. The zero-order valence-corrected chi connectivity index (χ0v) is 26.8. The van der Waals surface area contributed by atoms with Crippen LogP contribution < -0.4 is 15.0 Å². The zero-order valence-electron chi connectivity index (χ0n) is 26.8. The fraction of sp³-hybridized carbons (Fsp3) is 0.514. The first-order valence-electron chi connectivity index (χ1n) is 17.4. The molecule has 4 bridgehead atoms. The van der Waals surface area contributed by atoms with E-state index in [1.54, 1.807) is 6.07 Å². The first-order valence-corrected chi connectivity index (χ1v) is 17.4. The Morgan fingerprint density at radius 1 is 0.896 bits per heavy atom. The number of piperidine rings is 2. The molecule has 5 aliphatic rings. The number of rotatable bonds is 7. The van der Waals surface area contributed by atoms with Crippen LogP contribution in [0.25, 0.3) is 32.8 Å². The minimum absolute atomic E-state index is 0.00127. The maximum Gasteiger partial charge on any atom is 0.319 e. The van der Waals surface area contributed by atoms with Gasteiger partial charge >= 0.3 is 6.01 Å². The van der Waals surface area contributed by atoms with Gasteiger partial charge in [0.2, 0.25) is 0 Å². The molecule has 0 amide bonds. The summed E-state index contributed by atoms with van der Waals surface area (Å²) in [5, 5.41) is 25.2. The number of benzene rings is 3. The monoisotopic (exact) mass is 659 g/mol. The number of hydrogen-bond donors (Lipinski definition) is 3. The molecule has 1 aliphatic carbocycles. The second-order valence-electron chi connectivity index (χ2n) is 15.0. The summed E-state index contributed by atoms with van der Waals surface area (Å²) < 4.78 is 52.8. The molecule has 1 aromatic heterocycles. The Morgan fingerprint density at radius 2 is 1.65 bits per heavy atom. The van der Waals surface area contributed by atoms with Crippen LogP contribution in [0.1, 0.15) is 57.8 Å². The van der Waals surface area contributed by atoms with Crippen LogP contribution >= 0.6 is 0 Å². The summed E-state index contributed by atoms with van der Waals surface area (Å²) in [5.41, 5.74) is 0.0430. The summed E-state index contributed by atoms with van der Waals surface area (Å²) >= 11 is 0. The van der Waals surface area contributed by atoms with Gasteiger partial charge in [0.25, 0.3) is 0 Å². The molecule has 48 heavy (non-hydrogen) atoms. The van der Waals surface area contributed by atoms with Crippen molar-refractivity contribution >= 4 is 27.5 Å². The van der Waals surface area contributed by atoms with Crippen LogP contribution in [0.4, 0.5) is 19.0 Å². The lowest BCUT2D eigenvalue weighted by Gasteiger charge is -2.49. The van der Waals surface area contributed by atoms with Gasteiger partial charge in [-0.05, 0) is 86.6 Å². The van der Waals surface area contributed by atoms with Gasteiger partial charge in [0.05, 0.1) is 12.7 Å². The first kappa shape index (κ1) is 30.4. The Bertz CT molecular complexity index is 1900. The summed E-state index contributed by atoms with van der Waals surface area (Å²) in [7, 11) is 0. The Morgan fingerprint density at radius 3 is 2.38 bits per heavy atom. The van der Waals surface area contributed by atoms with Crippen molar-refractivity contribution in [1.29, 1.82) is 0 Å². The van der Waals surface area contributed by atoms with Gasteiger partial charge < -0.3 is 25.2 Å². The fourth-order valence-corrected chi connectivity index (χ4v) is 9.04. The van der Waals surface area contributed by atoms with Gasteiger partial charge in [-0.3, -0.25) is 4.90 Å². The quantitative estimate of drug-likeness (QED) is 0.221. The molecule has 3 N–H and O–H groups in total. The number of aromatic nitrogens is 2. The lowest BCUT2D eigenvalue weighted by Crippen LogP contribution is -2.55. The number of aromatic hydroxyl groups is 1. The van der Waals surface area contributed by atoms with Crippen molar-refractivity contribution in [2.24, 2.45) is 5.41 Å². The summed E-state index contributed by atoms with van der Waals surface area (Å²) in [4.78, 5) is 14.3. The maximum absolute atomic E-state index is 16.8. The number of aliphatic hydroxyl groups is 1. The van der Waals surface area contributed by atoms with E-state index in [1.807, 2.05) is 0 Å². The number of phenolic OH excluding ortho intramolecular Hbond substituents is 1. The third-order valence-corrected chi connectivity index (χ3v) is 11.6. The minimum atomic E-state index is -1.10. The van der Waals surface area contributed by atoms with E-state index < -0.39 is 17.5 Å². The largest absolute Gasteiger partial charge is 0.508 e. The molecule has 5 heterocycles. The number of phenols is 1. The molecule has 11 heteroatoms. The molecule has 3 aromatic carbocycles. The number of hydrogen-bond acceptors (Lipinski definition) is 8. The van der Waals surface area contributed by atoms with Crippen molar-refractivity contribution in [2.45, 2.75) is 88.1 Å². The molecule has 4 unspecified atom stereocenters. The number of nitrogens with one attached hydrogen (secondary N) is 1. The van der Waals surface area contributed by atoms with Gasteiger partial charge in [0.1, 0.15) is 17.1 Å². The smallest absolute Gasteiger partial charge is 0.319 e. The third kappa shape index (κ3) is 5.25. The molecule has 252 valence electrons. The number of halogens is 3. The average molecular weight is 660 g/mol. The van der Waals surface area contributed by atoms with Crippen molar-refractivity contribution in [3.63, 3.8) is 0 Å². The van der Waals surface area contributed by atoms with Gasteiger partial charge in [-0.2, -0.15) is 9.97 Å². The SMILES string of the molecule is Oc1cc(-c2ccc3c(N4CC5CCC(C4)N5)nc(OCC4(CN5C6CCCC5CC(O)C6)CC4)nc3c2F)c2c(F)c(F)ccc2c1. The lowest BCUT2D eigenvalue weighted by atomic mass is 9.82. The van der Waals surface area contributed by atoms with Crippen molar-refractivity contribution in [1.82, 2.24) is 20.2 Å². The Labute approximate surface area is 276 Å². The van der Waals surface area contributed by atoms with Gasteiger partial charge in [-0.15, -0.1) is 0 Å². The fourth-order valence-electron chi connectivity index (χ4n) is 9.04. The molecule has 1 saturated carbocycles. The van der Waals surface area contributed by atoms with Crippen LogP contribution in [0.3, 0.4) is 0 Å². The van der Waals surface area contributed by atoms with Crippen LogP contribution in [0.2, 0.25) is 0 Å². The number of piperazine rings is 1. The Hall–Kier alpha value is -3.67. The molecule has 4 saturated heterocycles. The predicted octanol–water partition coefficient (Wildman–Crippen LogP) is 6.05. The molecule has 5 fully saturated rings. The highest BCUT2D eigenvalue weighted by Crippen LogP contribution is 2.49. The highest BCUT2D eigenvalue weighted by molar-refractivity contribution is 6.01. The summed E-state index contributed by atoms with van der Waals surface area (Å²) in [6.07, 6.45) is 9.04. The average Bonchev–Trinajstić information content (AvgIpc) is 3.75. The topological polar surface area (TPSA) is 94.0 Å². The minimum Gasteiger partial charge on any atom is -0.508 e. The van der Waals surface area contributed by atoms with Crippen LogP contribution in [0.15, 0.2) is 36.4 Å². The third-order valence-electron chi connectivity index (χ3n) is 11.6. The van der Waals surface area contributed by atoms with Crippen LogP contribution in [-0.4, -0.2) is 81.6 Å². The van der Waals surface area contributed by atoms with E-state index in [9.17, 15) is 14.6 Å². The number of nitrogens with zero attached hydrogens (tertiary/aromatic N) is 4. The summed E-state index contributed by atoms with van der Waals surface area (Å²) in [6, 6.07) is 9.74. The summed E-state index contributed by atoms with van der Waals surface area (Å²) in [6.45, 7) is 2.76. The Balaban J connectivity index is 1.09. The molecule has 0 spiro atoms. The molecule has 9 rings (SSSR count). The number of anilines is 1. The van der Waals surface area contributed by atoms with E-state index in [4.69, 9.17) is 9.72 Å². The van der Waals surface area contributed by atoms with Gasteiger partial charge in [-0.25, -0.2) is 13.2 Å². The van der Waals surface area contributed by atoms with E-state index in [0.29, 0.717) is 42.0 Å². The molecule has 4 atom stereocenters. The van der Waals surface area contributed by atoms with Gasteiger partial charge in [-0.1, -0.05) is 18.6 Å². The van der Waals surface area contributed by atoms with E-state index in [1.165, 1.54) is 30.7 Å². The number of ether oxygens (including phenoxy) is 1. The summed E-state index contributed by atoms with van der Waals surface area (Å²) in [5.74, 6) is -2.46. The van der Waals surface area contributed by atoms with Crippen molar-refractivity contribution < 1.29 is 28.1 Å². The normalized spacial score (nSPS) is 27.9. The van der Waals surface area contributed by atoms with Crippen LogP contribution in [0.5, 0.6) is 11.8 Å². The number of fused-ring (bicyclic) bond motifs is 6. The zero-order chi connectivity index (χ0) is 32.7. The standard InChI is InChI=1S/C37H40F3N5O3/c38-30-9-4-20-12-25(46)15-29(31(20)33(30)40)27-7-8-28-34(32(27)39)42-36(43-35(28)44-16-21-5-6-22(17-44)41-21)48-19-37(10-11-37)18-45-23-2-1-3-24(45)14-26(47)13-23/h4,7-9,12,15,21-24,26,41,46-47H,1-3,5-6,10-11,13-14,16-19H2. The van der Waals surface area contributed by atoms with E-state index >= 15 is 8.78 Å². The van der Waals surface area contributed by atoms with Crippen LogP contribution in [0, 0.1) is 22.9 Å². The molecular formula is C37H40F3N5O3. The van der Waals surface area contributed by atoms with Gasteiger partial charge in [0.15, 0.2) is 17.5 Å². The maximum atomic E-state index is 16.8. The van der Waals surface area contributed by atoms with Crippen molar-refractivity contribution in [3.8, 4) is 22.9 Å². The molecule has 4 aromatic rings. The van der Waals surface area contributed by atoms with E-state index in [-0.39, 0.29) is 50.7 Å². The molecular weight excluding hydrogens is 619 g/mol. The highest BCUT2D eigenvalue weighted by atomic mass is 19.2. The highest BCUT2D eigenvalue weighted by Gasteiger charge is 2.49. The van der Waals surface area contributed by atoms with Gasteiger partial charge in [0, 0.05) is 65.6 Å². The second-order valence-corrected chi connectivity index (χ2v) is 15.0. The van der Waals surface area contributed by atoms with E-state index in [2.05, 4.69) is 20.1 Å². The molecule has 0 radical (unpaired) electrons.